The molecule has 0 aliphatic rings. The molecule has 2 aromatic carbocycles. The third-order valence-electron chi connectivity index (χ3n) is 2.90. The normalized spacial score (nSPS) is 10.5. The minimum Gasteiger partial charge on any atom is -0.493 e. The fourth-order valence-corrected chi connectivity index (χ4v) is 1.76. The molecule has 0 saturated heterocycles. The van der Waals surface area contributed by atoms with Crippen molar-refractivity contribution in [1.29, 1.82) is 0 Å². The minimum absolute atomic E-state index is 0.327. The first-order valence-corrected chi connectivity index (χ1v) is 6.45. The Morgan fingerprint density at radius 2 is 1.77 bits per heavy atom. The van der Waals surface area contributed by atoms with Gasteiger partial charge < -0.3 is 9.47 Å². The van der Waals surface area contributed by atoms with Crippen LogP contribution in [0.25, 0.3) is 0 Å². The molecule has 0 aliphatic heterocycles. The van der Waals surface area contributed by atoms with Crippen molar-refractivity contribution in [2.24, 2.45) is 5.10 Å². The lowest BCUT2D eigenvalue weighted by Crippen LogP contribution is -2.17. The Morgan fingerprint density at radius 3 is 2.41 bits per heavy atom. The van der Waals surface area contributed by atoms with E-state index in [0.717, 1.165) is 0 Å². The highest BCUT2D eigenvalue weighted by Gasteiger charge is 2.09. The van der Waals surface area contributed by atoms with E-state index in [1.807, 2.05) is 0 Å². The van der Waals surface area contributed by atoms with Gasteiger partial charge in [-0.2, -0.15) is 5.10 Å². The number of halogens is 1. The molecule has 0 aromatic heterocycles. The summed E-state index contributed by atoms with van der Waals surface area (Å²) >= 11 is 0. The summed E-state index contributed by atoms with van der Waals surface area (Å²) in [4.78, 5) is 12.0. The Balaban J connectivity index is 2.04. The lowest BCUT2D eigenvalue weighted by Gasteiger charge is -2.08. The Labute approximate surface area is 127 Å². The summed E-state index contributed by atoms with van der Waals surface area (Å²) in [5, 5.41) is 3.83. The molecular weight excluding hydrogens is 287 g/mol. The summed E-state index contributed by atoms with van der Waals surface area (Å²) in [6, 6.07) is 10.5. The van der Waals surface area contributed by atoms with Crippen LogP contribution in [0.5, 0.6) is 11.5 Å². The van der Waals surface area contributed by atoms with Crippen LogP contribution in [0.4, 0.5) is 4.39 Å². The molecule has 2 aromatic rings. The van der Waals surface area contributed by atoms with E-state index < -0.39 is 0 Å². The fraction of sp³-hybridized carbons (Fsp3) is 0.125. The highest BCUT2D eigenvalue weighted by molar-refractivity contribution is 5.95. The topological polar surface area (TPSA) is 59.9 Å². The first kappa shape index (κ1) is 15.5. The summed E-state index contributed by atoms with van der Waals surface area (Å²) in [5.41, 5.74) is 3.45. The Morgan fingerprint density at radius 1 is 1.09 bits per heavy atom. The van der Waals surface area contributed by atoms with E-state index in [1.54, 1.807) is 30.3 Å². The summed E-state index contributed by atoms with van der Waals surface area (Å²) in [5.74, 6) is 0.275. The zero-order chi connectivity index (χ0) is 15.9. The molecule has 5 nitrogen and oxygen atoms in total. The third kappa shape index (κ3) is 3.82. The lowest BCUT2D eigenvalue weighted by atomic mass is 10.2. The molecule has 22 heavy (non-hydrogen) atoms. The lowest BCUT2D eigenvalue weighted by molar-refractivity contribution is 0.0954. The van der Waals surface area contributed by atoms with Crippen LogP contribution in [0, 0.1) is 5.82 Å². The van der Waals surface area contributed by atoms with E-state index in [0.29, 0.717) is 22.6 Å². The van der Waals surface area contributed by atoms with Gasteiger partial charge in [0, 0.05) is 5.56 Å². The van der Waals surface area contributed by atoms with Gasteiger partial charge in [-0.15, -0.1) is 0 Å². The second-order valence-electron chi connectivity index (χ2n) is 4.32. The molecule has 1 N–H and O–H groups in total. The van der Waals surface area contributed by atoms with Crippen LogP contribution in [0.15, 0.2) is 47.6 Å². The Bertz CT molecular complexity index is 684. The standard InChI is InChI=1S/C16H15FN2O3/c1-21-14-8-5-12(9-15(14)22-2)16(20)19-18-10-11-3-6-13(17)7-4-11/h3-10H,1-2H3,(H,19,20)/b18-10+. The molecule has 0 spiro atoms. The fourth-order valence-electron chi connectivity index (χ4n) is 1.76. The largest absolute Gasteiger partial charge is 0.493 e. The number of ether oxygens (including phenoxy) is 2. The molecule has 2 rings (SSSR count). The van der Waals surface area contributed by atoms with Gasteiger partial charge in [-0.1, -0.05) is 12.1 Å². The number of nitrogens with zero attached hydrogens (tertiary/aromatic N) is 1. The van der Waals surface area contributed by atoms with Crippen molar-refractivity contribution in [2.45, 2.75) is 0 Å². The minimum atomic E-state index is -0.390. The average Bonchev–Trinajstić information content (AvgIpc) is 2.55. The molecule has 0 atom stereocenters. The number of hydrogen-bond acceptors (Lipinski definition) is 4. The van der Waals surface area contributed by atoms with Gasteiger partial charge in [-0.25, -0.2) is 9.82 Å². The van der Waals surface area contributed by atoms with Crippen LogP contribution >= 0.6 is 0 Å². The van der Waals surface area contributed by atoms with Crippen molar-refractivity contribution in [3.8, 4) is 11.5 Å². The van der Waals surface area contributed by atoms with Crippen LogP contribution in [0.3, 0.4) is 0 Å². The SMILES string of the molecule is COc1ccc(C(=O)N/N=C/c2ccc(F)cc2)cc1OC. The molecule has 0 aliphatic carbocycles. The number of hydrazone groups is 1. The van der Waals surface area contributed by atoms with E-state index in [1.165, 1.54) is 32.6 Å². The van der Waals surface area contributed by atoms with Crippen LogP contribution in [-0.2, 0) is 0 Å². The number of hydrogen-bond donors (Lipinski definition) is 1. The second-order valence-corrected chi connectivity index (χ2v) is 4.32. The van der Waals surface area contributed by atoms with Crippen LogP contribution in [-0.4, -0.2) is 26.3 Å². The van der Waals surface area contributed by atoms with Gasteiger partial charge in [0.1, 0.15) is 5.82 Å². The summed E-state index contributed by atoms with van der Waals surface area (Å²) < 4.78 is 23.0. The zero-order valence-electron chi connectivity index (χ0n) is 12.2. The molecule has 0 radical (unpaired) electrons. The number of carbonyl (C=O) groups is 1. The second kappa shape index (κ2) is 7.21. The maximum Gasteiger partial charge on any atom is 0.271 e. The first-order chi connectivity index (χ1) is 10.6. The molecule has 0 unspecified atom stereocenters. The number of nitrogens with one attached hydrogen (secondary N) is 1. The van der Waals surface area contributed by atoms with Crippen molar-refractivity contribution in [3.05, 3.63) is 59.4 Å². The highest BCUT2D eigenvalue weighted by atomic mass is 19.1. The van der Waals surface area contributed by atoms with Crippen molar-refractivity contribution in [2.75, 3.05) is 14.2 Å². The van der Waals surface area contributed by atoms with Crippen LogP contribution in [0.1, 0.15) is 15.9 Å². The summed E-state index contributed by atoms with van der Waals surface area (Å²) in [6.07, 6.45) is 1.43. The Hall–Kier alpha value is -2.89. The van der Waals surface area contributed by atoms with Crippen molar-refractivity contribution < 1.29 is 18.7 Å². The van der Waals surface area contributed by atoms with E-state index in [4.69, 9.17) is 9.47 Å². The van der Waals surface area contributed by atoms with E-state index in [2.05, 4.69) is 10.5 Å². The van der Waals surface area contributed by atoms with Gasteiger partial charge in [0.25, 0.3) is 5.91 Å². The maximum absolute atomic E-state index is 12.8. The number of amides is 1. The van der Waals surface area contributed by atoms with Gasteiger partial charge in [-0.3, -0.25) is 4.79 Å². The molecule has 0 fully saturated rings. The van der Waals surface area contributed by atoms with Gasteiger partial charge in [-0.05, 0) is 35.9 Å². The number of benzene rings is 2. The van der Waals surface area contributed by atoms with E-state index >= 15 is 0 Å². The molecule has 0 bridgehead atoms. The number of methoxy groups -OCH3 is 2. The van der Waals surface area contributed by atoms with Crippen molar-refractivity contribution in [3.63, 3.8) is 0 Å². The predicted molar refractivity (Wildman–Crippen MR) is 81.0 cm³/mol. The van der Waals surface area contributed by atoms with E-state index in [-0.39, 0.29) is 11.7 Å². The maximum atomic E-state index is 12.8. The molecular formula is C16H15FN2O3. The molecule has 1 amide bonds. The molecule has 0 heterocycles. The summed E-state index contributed by atoms with van der Waals surface area (Å²) in [6.45, 7) is 0. The smallest absolute Gasteiger partial charge is 0.271 e. The van der Waals surface area contributed by atoms with Gasteiger partial charge in [0.15, 0.2) is 11.5 Å². The predicted octanol–water partition coefficient (Wildman–Crippen LogP) is 2.61. The summed E-state index contributed by atoms with van der Waals surface area (Å²) in [7, 11) is 3.01. The monoisotopic (exact) mass is 302 g/mol. The van der Waals surface area contributed by atoms with Crippen LogP contribution in [0.2, 0.25) is 0 Å². The highest BCUT2D eigenvalue weighted by Crippen LogP contribution is 2.27. The van der Waals surface area contributed by atoms with Gasteiger partial charge in [0.05, 0.1) is 20.4 Å². The van der Waals surface area contributed by atoms with Gasteiger partial charge in [0.2, 0.25) is 0 Å². The molecule has 114 valence electrons. The quantitative estimate of drug-likeness (QED) is 0.682. The van der Waals surface area contributed by atoms with Crippen molar-refractivity contribution in [1.82, 2.24) is 5.43 Å². The molecule has 6 heteroatoms. The number of carbonyl (C=O) groups excluding carboxylic acids is 1. The average molecular weight is 302 g/mol. The van der Waals surface area contributed by atoms with Crippen molar-refractivity contribution >= 4 is 12.1 Å². The zero-order valence-corrected chi connectivity index (χ0v) is 12.2. The molecule has 0 saturated carbocycles. The number of rotatable bonds is 5. The van der Waals surface area contributed by atoms with Crippen LogP contribution < -0.4 is 14.9 Å². The third-order valence-corrected chi connectivity index (χ3v) is 2.90. The van der Waals surface area contributed by atoms with Gasteiger partial charge >= 0.3 is 0 Å². The Kier molecular flexibility index (Phi) is 5.08. The van der Waals surface area contributed by atoms with E-state index in [9.17, 15) is 9.18 Å². The first-order valence-electron chi connectivity index (χ1n) is 6.45.